The summed E-state index contributed by atoms with van der Waals surface area (Å²) in [6, 6.07) is 24.6. The molecule has 3 heterocycles. The molecule has 0 fully saturated rings. The highest BCUT2D eigenvalue weighted by Crippen LogP contribution is 2.39. The Morgan fingerprint density at radius 3 is 2.37 bits per heavy atom. The first-order valence-electron chi connectivity index (χ1n) is 10.7. The summed E-state index contributed by atoms with van der Waals surface area (Å²) in [5, 5.41) is 12.1. The van der Waals surface area contributed by atoms with Gasteiger partial charge in [0.15, 0.2) is 0 Å². The Morgan fingerprint density at radius 2 is 1.40 bits per heavy atom. The van der Waals surface area contributed by atoms with Gasteiger partial charge in [-0.1, -0.05) is 72.8 Å². The second-order valence-electron chi connectivity index (χ2n) is 8.54. The number of fused-ring (bicyclic) bond motifs is 12. The molecule has 1 aliphatic carbocycles. The summed E-state index contributed by atoms with van der Waals surface area (Å²) in [7, 11) is 0. The Labute approximate surface area is 171 Å². The van der Waals surface area contributed by atoms with Crippen molar-refractivity contribution in [2.45, 2.75) is 12.8 Å². The first-order valence-corrected chi connectivity index (χ1v) is 10.7. The summed E-state index contributed by atoms with van der Waals surface area (Å²) in [5.74, 6) is 0. The van der Waals surface area contributed by atoms with Crippen molar-refractivity contribution >= 4 is 71.9 Å². The van der Waals surface area contributed by atoms with Gasteiger partial charge in [-0.15, -0.1) is 0 Å². The van der Waals surface area contributed by atoms with Gasteiger partial charge in [0.2, 0.25) is 0 Å². The maximum Gasteiger partial charge on any atom is 0.0641 e. The average molecular weight is 382 g/mol. The maximum absolute atomic E-state index is 3.75. The number of H-pyrrole nitrogens is 1. The van der Waals surface area contributed by atoms with Crippen LogP contribution in [0.3, 0.4) is 0 Å². The fourth-order valence-corrected chi connectivity index (χ4v) is 5.86. The summed E-state index contributed by atoms with van der Waals surface area (Å²) < 4.78 is 2.54. The van der Waals surface area contributed by atoms with Gasteiger partial charge in [-0.25, -0.2) is 0 Å². The van der Waals surface area contributed by atoms with Gasteiger partial charge in [-0.3, -0.25) is 0 Å². The van der Waals surface area contributed by atoms with Crippen LogP contribution in [0.15, 0.2) is 66.7 Å². The third kappa shape index (κ3) is 1.60. The van der Waals surface area contributed by atoms with E-state index in [1.807, 2.05) is 0 Å². The molecule has 0 bridgehead atoms. The summed E-state index contributed by atoms with van der Waals surface area (Å²) in [5.41, 5.74) is 5.15. The van der Waals surface area contributed by atoms with Gasteiger partial charge in [0.25, 0.3) is 0 Å². The van der Waals surface area contributed by atoms with Crippen LogP contribution in [-0.4, -0.2) is 9.38 Å². The van der Waals surface area contributed by atoms with Crippen LogP contribution in [0.4, 0.5) is 0 Å². The minimum Gasteiger partial charge on any atom is -0.354 e. The molecule has 4 aromatic carbocycles. The van der Waals surface area contributed by atoms with E-state index in [2.05, 4.69) is 88.3 Å². The highest BCUT2D eigenvalue weighted by Gasteiger charge is 2.19. The molecule has 3 aromatic heterocycles. The molecule has 8 rings (SSSR count). The summed E-state index contributed by atoms with van der Waals surface area (Å²) in [6.07, 6.45) is 7.09. The van der Waals surface area contributed by atoms with E-state index in [0.29, 0.717) is 0 Å². The number of aromatic nitrogens is 2. The first-order chi connectivity index (χ1) is 14.9. The van der Waals surface area contributed by atoms with E-state index in [4.69, 9.17) is 0 Å². The highest BCUT2D eigenvalue weighted by molar-refractivity contribution is 6.28. The van der Waals surface area contributed by atoms with E-state index < -0.39 is 0 Å². The molecule has 0 spiro atoms. The van der Waals surface area contributed by atoms with E-state index in [9.17, 15) is 0 Å². The molecule has 30 heavy (non-hydrogen) atoms. The van der Waals surface area contributed by atoms with Crippen LogP contribution >= 0.6 is 0 Å². The third-order valence-corrected chi connectivity index (χ3v) is 7.07. The summed E-state index contributed by atoms with van der Waals surface area (Å²) in [4.78, 5) is 3.75. The SMILES string of the molecule is C1=c2c(n3c4c2cccc4c2ccc4ccc5c6ccccc6[nH]c5c4c23)=CCC1. The van der Waals surface area contributed by atoms with Crippen molar-refractivity contribution in [1.29, 1.82) is 0 Å². The lowest BCUT2D eigenvalue weighted by atomic mass is 10.0. The molecular weight excluding hydrogens is 364 g/mol. The molecule has 0 aliphatic heterocycles. The lowest BCUT2D eigenvalue weighted by molar-refractivity contribution is 1.09. The zero-order valence-electron chi connectivity index (χ0n) is 16.4. The molecule has 0 radical (unpaired) electrons. The quantitative estimate of drug-likeness (QED) is 0.341. The van der Waals surface area contributed by atoms with Crippen molar-refractivity contribution in [2.75, 3.05) is 0 Å². The number of hydrogen-bond donors (Lipinski definition) is 1. The lowest BCUT2D eigenvalue weighted by Crippen LogP contribution is -2.27. The predicted octanol–water partition coefficient (Wildman–Crippen LogP) is 5.83. The molecule has 0 saturated heterocycles. The third-order valence-electron chi connectivity index (χ3n) is 7.07. The fraction of sp³-hybridized carbons (Fsp3) is 0.0714. The lowest BCUT2D eigenvalue weighted by Gasteiger charge is -2.05. The fourth-order valence-electron chi connectivity index (χ4n) is 5.86. The smallest absolute Gasteiger partial charge is 0.0641 e. The second kappa shape index (κ2) is 5.03. The van der Waals surface area contributed by atoms with Crippen molar-refractivity contribution in [3.8, 4) is 0 Å². The van der Waals surface area contributed by atoms with Gasteiger partial charge >= 0.3 is 0 Å². The van der Waals surface area contributed by atoms with E-state index in [1.54, 1.807) is 0 Å². The molecule has 0 atom stereocenters. The summed E-state index contributed by atoms with van der Waals surface area (Å²) >= 11 is 0. The van der Waals surface area contributed by atoms with Gasteiger partial charge < -0.3 is 9.38 Å². The van der Waals surface area contributed by atoms with Crippen LogP contribution in [0.1, 0.15) is 12.8 Å². The molecular formula is C28H18N2. The average Bonchev–Trinajstić information content (AvgIpc) is 3.45. The molecule has 0 saturated carbocycles. The normalized spacial score (nSPS) is 14.3. The number of benzene rings is 4. The Balaban J connectivity index is 1.78. The van der Waals surface area contributed by atoms with Crippen molar-refractivity contribution in [2.24, 2.45) is 0 Å². The topological polar surface area (TPSA) is 20.2 Å². The van der Waals surface area contributed by atoms with E-state index in [0.717, 1.165) is 12.8 Å². The zero-order chi connectivity index (χ0) is 19.4. The number of rotatable bonds is 0. The van der Waals surface area contributed by atoms with Crippen molar-refractivity contribution in [3.63, 3.8) is 0 Å². The Kier molecular flexibility index (Phi) is 2.53. The largest absolute Gasteiger partial charge is 0.354 e. The van der Waals surface area contributed by atoms with Crippen LogP contribution in [-0.2, 0) is 0 Å². The van der Waals surface area contributed by atoms with Crippen molar-refractivity contribution in [1.82, 2.24) is 9.38 Å². The maximum atomic E-state index is 3.75. The predicted molar refractivity (Wildman–Crippen MR) is 128 cm³/mol. The minimum atomic E-state index is 1.11. The molecule has 140 valence electrons. The molecule has 2 nitrogen and oxygen atoms in total. The van der Waals surface area contributed by atoms with Crippen LogP contribution in [0.5, 0.6) is 0 Å². The number of para-hydroxylation sites is 2. The number of nitrogens with one attached hydrogen (secondary N) is 1. The van der Waals surface area contributed by atoms with Gasteiger partial charge in [0.1, 0.15) is 0 Å². The van der Waals surface area contributed by atoms with Crippen molar-refractivity contribution in [3.05, 3.63) is 77.3 Å². The Morgan fingerprint density at radius 1 is 0.633 bits per heavy atom. The second-order valence-corrected chi connectivity index (χ2v) is 8.54. The van der Waals surface area contributed by atoms with Crippen molar-refractivity contribution < 1.29 is 0 Å². The minimum absolute atomic E-state index is 1.11. The first kappa shape index (κ1) is 15.1. The monoisotopic (exact) mass is 382 g/mol. The van der Waals surface area contributed by atoms with Gasteiger partial charge in [0, 0.05) is 48.4 Å². The number of nitrogens with zero attached hydrogens (tertiary/aromatic N) is 1. The molecule has 0 amide bonds. The Hall–Kier alpha value is -3.78. The van der Waals surface area contributed by atoms with Gasteiger partial charge in [-0.2, -0.15) is 0 Å². The van der Waals surface area contributed by atoms with Gasteiger partial charge in [0.05, 0.1) is 16.6 Å². The number of hydrogen-bond acceptors (Lipinski definition) is 0. The van der Waals surface area contributed by atoms with Crippen LogP contribution < -0.4 is 10.6 Å². The summed E-state index contributed by atoms with van der Waals surface area (Å²) in [6.45, 7) is 0. The highest BCUT2D eigenvalue weighted by atomic mass is 14.9. The molecule has 7 aromatic rings. The molecule has 0 unspecified atom stereocenters. The molecule has 1 N–H and O–H groups in total. The van der Waals surface area contributed by atoms with E-state index in [-0.39, 0.29) is 0 Å². The molecule has 2 heteroatoms. The molecule has 1 aliphatic rings. The van der Waals surface area contributed by atoms with Gasteiger partial charge in [-0.05, 0) is 24.3 Å². The Bertz CT molecular complexity index is 1940. The van der Waals surface area contributed by atoms with Crippen LogP contribution in [0.25, 0.3) is 71.9 Å². The standard InChI is InChI=1S/C28H18N2/c1-3-10-23-17(6-1)19-14-12-16-13-15-22-21-9-5-8-20-18-7-2-4-11-24(18)30(27(20)21)28(22)25(16)26(19)29-23/h1,3,5-15,29H,2,4H2. The van der Waals surface area contributed by atoms with E-state index in [1.165, 1.54) is 70.3 Å². The van der Waals surface area contributed by atoms with Crippen LogP contribution in [0, 0.1) is 0 Å². The van der Waals surface area contributed by atoms with Crippen LogP contribution in [0.2, 0.25) is 0 Å². The van der Waals surface area contributed by atoms with E-state index >= 15 is 0 Å². The number of aromatic amines is 1. The zero-order valence-corrected chi connectivity index (χ0v) is 16.4.